The SMILES string of the molecule is CC(C)(C)Cn1c(C2CC2)nc2cc(N)ccc21. The predicted molar refractivity (Wildman–Crippen MR) is 75.6 cm³/mol. The zero-order chi connectivity index (χ0) is 12.9. The van der Waals surface area contributed by atoms with Gasteiger partial charge in [0.25, 0.3) is 0 Å². The maximum absolute atomic E-state index is 5.85. The van der Waals surface area contributed by atoms with E-state index in [0.29, 0.717) is 5.92 Å². The Kier molecular flexibility index (Phi) is 2.40. The first-order valence-electron chi connectivity index (χ1n) is 6.70. The minimum atomic E-state index is 0.263. The lowest BCUT2D eigenvalue weighted by Gasteiger charge is -2.21. The Morgan fingerprint density at radius 3 is 2.67 bits per heavy atom. The first-order chi connectivity index (χ1) is 8.44. The molecule has 96 valence electrons. The molecule has 0 saturated heterocycles. The molecule has 0 radical (unpaired) electrons. The Bertz CT molecular complexity index is 586. The van der Waals surface area contributed by atoms with Crippen LogP contribution in [0, 0.1) is 5.41 Å². The number of anilines is 1. The van der Waals surface area contributed by atoms with Gasteiger partial charge in [0.1, 0.15) is 5.82 Å². The number of benzene rings is 1. The van der Waals surface area contributed by atoms with E-state index in [-0.39, 0.29) is 5.41 Å². The van der Waals surface area contributed by atoms with Crippen LogP contribution in [0.2, 0.25) is 0 Å². The van der Waals surface area contributed by atoms with E-state index in [0.717, 1.165) is 17.7 Å². The average Bonchev–Trinajstić information content (AvgIpc) is 3.02. The summed E-state index contributed by atoms with van der Waals surface area (Å²) in [5, 5.41) is 0. The number of hydrogen-bond acceptors (Lipinski definition) is 2. The molecular weight excluding hydrogens is 222 g/mol. The Morgan fingerprint density at radius 1 is 1.33 bits per heavy atom. The highest BCUT2D eigenvalue weighted by molar-refractivity contribution is 5.79. The predicted octanol–water partition coefficient (Wildman–Crippen LogP) is 3.54. The van der Waals surface area contributed by atoms with E-state index in [1.165, 1.54) is 24.2 Å². The van der Waals surface area contributed by atoms with E-state index in [4.69, 9.17) is 10.7 Å². The van der Waals surface area contributed by atoms with Gasteiger partial charge in [-0.3, -0.25) is 0 Å². The lowest BCUT2D eigenvalue weighted by atomic mass is 9.96. The van der Waals surface area contributed by atoms with Gasteiger partial charge >= 0.3 is 0 Å². The molecular formula is C15H21N3. The number of nitrogens with two attached hydrogens (primary N) is 1. The molecule has 1 aliphatic rings. The van der Waals surface area contributed by atoms with Gasteiger partial charge in [-0.2, -0.15) is 0 Å². The molecule has 2 aromatic rings. The zero-order valence-corrected chi connectivity index (χ0v) is 11.4. The van der Waals surface area contributed by atoms with Gasteiger partial charge in [-0.25, -0.2) is 4.98 Å². The van der Waals surface area contributed by atoms with Crippen LogP contribution in [0.1, 0.15) is 45.4 Å². The number of nitrogen functional groups attached to an aromatic ring is 1. The van der Waals surface area contributed by atoms with Gasteiger partial charge in [-0.05, 0) is 36.5 Å². The molecule has 2 N–H and O–H groups in total. The third kappa shape index (κ3) is 2.09. The van der Waals surface area contributed by atoms with Crippen molar-refractivity contribution >= 4 is 16.7 Å². The zero-order valence-electron chi connectivity index (χ0n) is 11.4. The quantitative estimate of drug-likeness (QED) is 0.820. The van der Waals surface area contributed by atoms with Crippen LogP contribution in [0.4, 0.5) is 5.69 Å². The average molecular weight is 243 g/mol. The van der Waals surface area contributed by atoms with Gasteiger partial charge < -0.3 is 10.3 Å². The second-order valence-electron chi connectivity index (χ2n) is 6.64. The minimum absolute atomic E-state index is 0.263. The van der Waals surface area contributed by atoms with E-state index >= 15 is 0 Å². The fourth-order valence-corrected chi connectivity index (χ4v) is 2.46. The summed E-state index contributed by atoms with van der Waals surface area (Å²) in [4.78, 5) is 4.80. The molecule has 0 unspecified atom stereocenters. The van der Waals surface area contributed by atoms with Crippen LogP contribution in [0.15, 0.2) is 18.2 Å². The highest BCUT2D eigenvalue weighted by Gasteiger charge is 2.30. The van der Waals surface area contributed by atoms with Crippen LogP contribution in [0.25, 0.3) is 11.0 Å². The maximum atomic E-state index is 5.85. The molecule has 1 aliphatic carbocycles. The van der Waals surface area contributed by atoms with Crippen LogP contribution in [-0.4, -0.2) is 9.55 Å². The standard InChI is InChI=1S/C15H21N3/c1-15(2,3)9-18-13-7-6-11(16)8-12(13)17-14(18)10-4-5-10/h6-8,10H,4-5,9,16H2,1-3H3. The van der Waals surface area contributed by atoms with Gasteiger partial charge in [-0.15, -0.1) is 0 Å². The monoisotopic (exact) mass is 243 g/mol. The smallest absolute Gasteiger partial charge is 0.113 e. The molecule has 0 amide bonds. The van der Waals surface area contributed by atoms with Crippen molar-refractivity contribution < 1.29 is 0 Å². The summed E-state index contributed by atoms with van der Waals surface area (Å²) in [5.74, 6) is 1.92. The second-order valence-corrected chi connectivity index (χ2v) is 6.64. The summed E-state index contributed by atoms with van der Waals surface area (Å²) in [6.45, 7) is 7.83. The topological polar surface area (TPSA) is 43.8 Å². The van der Waals surface area contributed by atoms with Gasteiger partial charge in [0.15, 0.2) is 0 Å². The summed E-state index contributed by atoms with van der Waals surface area (Å²) >= 11 is 0. The Balaban J connectivity index is 2.15. The summed E-state index contributed by atoms with van der Waals surface area (Å²) in [5.41, 5.74) is 9.18. The number of rotatable bonds is 2. The van der Waals surface area contributed by atoms with Gasteiger partial charge in [0, 0.05) is 18.2 Å². The summed E-state index contributed by atoms with van der Waals surface area (Å²) in [6.07, 6.45) is 2.56. The van der Waals surface area contributed by atoms with Crippen molar-refractivity contribution in [1.82, 2.24) is 9.55 Å². The number of aromatic nitrogens is 2. The Morgan fingerprint density at radius 2 is 2.06 bits per heavy atom. The molecule has 1 aromatic carbocycles. The minimum Gasteiger partial charge on any atom is -0.399 e. The summed E-state index contributed by atoms with van der Waals surface area (Å²) in [7, 11) is 0. The number of imidazole rings is 1. The van der Waals surface area contributed by atoms with Gasteiger partial charge in [0.2, 0.25) is 0 Å². The van der Waals surface area contributed by atoms with Crippen molar-refractivity contribution in [1.29, 1.82) is 0 Å². The van der Waals surface area contributed by atoms with Crippen molar-refractivity contribution in [3.05, 3.63) is 24.0 Å². The fourth-order valence-electron chi connectivity index (χ4n) is 2.46. The van der Waals surface area contributed by atoms with Crippen molar-refractivity contribution in [3.63, 3.8) is 0 Å². The molecule has 3 nitrogen and oxygen atoms in total. The van der Waals surface area contributed by atoms with E-state index in [1.54, 1.807) is 0 Å². The number of fused-ring (bicyclic) bond motifs is 1. The van der Waals surface area contributed by atoms with Crippen LogP contribution < -0.4 is 5.73 Å². The third-order valence-electron chi connectivity index (χ3n) is 3.38. The summed E-state index contributed by atoms with van der Waals surface area (Å²) < 4.78 is 2.40. The Labute approximate surface area is 108 Å². The normalized spacial score (nSPS) is 16.4. The number of nitrogens with zero attached hydrogens (tertiary/aromatic N) is 2. The van der Waals surface area contributed by atoms with Gasteiger partial charge in [0.05, 0.1) is 11.0 Å². The van der Waals surface area contributed by atoms with E-state index in [1.807, 2.05) is 12.1 Å². The van der Waals surface area contributed by atoms with E-state index < -0.39 is 0 Å². The molecule has 0 bridgehead atoms. The molecule has 1 heterocycles. The highest BCUT2D eigenvalue weighted by atomic mass is 15.1. The molecule has 1 aromatic heterocycles. The van der Waals surface area contributed by atoms with Crippen molar-refractivity contribution in [2.75, 3.05) is 5.73 Å². The van der Waals surface area contributed by atoms with Gasteiger partial charge in [-0.1, -0.05) is 20.8 Å². The van der Waals surface area contributed by atoms with Crippen LogP contribution in [0.5, 0.6) is 0 Å². The molecule has 1 saturated carbocycles. The first kappa shape index (κ1) is 11.6. The first-order valence-corrected chi connectivity index (χ1v) is 6.70. The van der Waals surface area contributed by atoms with E-state index in [9.17, 15) is 0 Å². The lowest BCUT2D eigenvalue weighted by molar-refractivity contribution is 0.343. The fraction of sp³-hybridized carbons (Fsp3) is 0.533. The van der Waals surface area contributed by atoms with Crippen molar-refractivity contribution in [2.24, 2.45) is 5.41 Å². The summed E-state index contributed by atoms with van der Waals surface area (Å²) in [6, 6.07) is 6.06. The molecule has 3 heteroatoms. The lowest BCUT2D eigenvalue weighted by Crippen LogP contribution is -2.17. The molecule has 0 spiro atoms. The third-order valence-corrected chi connectivity index (χ3v) is 3.38. The molecule has 0 aliphatic heterocycles. The van der Waals surface area contributed by atoms with Crippen LogP contribution in [0.3, 0.4) is 0 Å². The second kappa shape index (κ2) is 3.74. The maximum Gasteiger partial charge on any atom is 0.113 e. The van der Waals surface area contributed by atoms with Crippen LogP contribution >= 0.6 is 0 Å². The van der Waals surface area contributed by atoms with Crippen LogP contribution in [-0.2, 0) is 6.54 Å². The van der Waals surface area contributed by atoms with Crippen molar-refractivity contribution in [2.45, 2.75) is 46.1 Å². The van der Waals surface area contributed by atoms with Crippen molar-refractivity contribution in [3.8, 4) is 0 Å². The number of hydrogen-bond donors (Lipinski definition) is 1. The highest BCUT2D eigenvalue weighted by Crippen LogP contribution is 2.41. The molecule has 3 rings (SSSR count). The Hall–Kier alpha value is -1.51. The molecule has 0 atom stereocenters. The molecule has 1 fully saturated rings. The molecule has 18 heavy (non-hydrogen) atoms. The largest absolute Gasteiger partial charge is 0.399 e. The van der Waals surface area contributed by atoms with E-state index in [2.05, 4.69) is 31.4 Å².